The molecule has 2 aliphatic rings. The van der Waals surface area contributed by atoms with Gasteiger partial charge >= 0.3 is 0 Å². The Morgan fingerprint density at radius 1 is 1.11 bits per heavy atom. The Morgan fingerprint density at radius 2 is 1.84 bits per heavy atom. The van der Waals surface area contributed by atoms with Gasteiger partial charge in [-0.3, -0.25) is 14.4 Å². The summed E-state index contributed by atoms with van der Waals surface area (Å²) in [6.45, 7) is 0.519. The number of aromatic nitrogens is 3. The summed E-state index contributed by atoms with van der Waals surface area (Å²) in [6, 6.07) is 13.5. The van der Waals surface area contributed by atoms with Crippen LogP contribution in [-0.2, 0) is 18.3 Å². The lowest BCUT2D eigenvalue weighted by Crippen LogP contribution is -2.39. The number of aliphatic hydroxyl groups is 1. The fraction of sp³-hybridized carbons (Fsp3) is 0.281. The van der Waals surface area contributed by atoms with Crippen LogP contribution >= 0.6 is 23.2 Å². The number of pyridine rings is 1. The number of rotatable bonds is 8. The second kappa shape index (κ2) is 12.6. The minimum Gasteiger partial charge on any atom is -0.481 e. The van der Waals surface area contributed by atoms with E-state index in [4.69, 9.17) is 32.9 Å². The zero-order valence-corrected chi connectivity index (χ0v) is 25.9. The van der Waals surface area contributed by atoms with Gasteiger partial charge in [-0.05, 0) is 30.2 Å². The number of aliphatic hydroxyl groups excluding tert-OH is 1. The lowest BCUT2D eigenvalue weighted by molar-refractivity contribution is -0.119. The topological polar surface area (TPSA) is 147 Å². The molecule has 4 N–H and O–H groups in total. The molecule has 11 nitrogen and oxygen atoms in total. The van der Waals surface area contributed by atoms with Gasteiger partial charge in [-0.15, -0.1) is 0 Å². The molecule has 2 amide bonds. The normalized spacial score (nSPS) is 18.9. The number of nitrogens with one attached hydrogen (secondary N) is 3. The first-order chi connectivity index (χ1) is 21.7. The third kappa shape index (κ3) is 5.91. The summed E-state index contributed by atoms with van der Waals surface area (Å²) in [5, 5.41) is 24.5. The van der Waals surface area contributed by atoms with Gasteiger partial charge in [0.2, 0.25) is 11.8 Å². The van der Waals surface area contributed by atoms with Crippen molar-refractivity contribution in [3.8, 4) is 28.3 Å². The number of fused-ring (bicyclic) bond motifs is 1. The summed E-state index contributed by atoms with van der Waals surface area (Å²) in [7, 11) is 2.99. The van der Waals surface area contributed by atoms with Crippen molar-refractivity contribution in [3.63, 3.8) is 0 Å². The fourth-order valence-electron chi connectivity index (χ4n) is 5.89. The first-order valence-electron chi connectivity index (χ1n) is 14.4. The summed E-state index contributed by atoms with van der Waals surface area (Å²) < 4.78 is 6.78. The molecule has 0 saturated carbocycles. The molecule has 1 fully saturated rings. The number of carbonyl (C=O) groups is 2. The molecule has 1 aliphatic heterocycles. The molecule has 6 rings (SSSR count). The highest BCUT2D eigenvalue weighted by Crippen LogP contribution is 2.44. The molecule has 45 heavy (non-hydrogen) atoms. The molecule has 1 saturated heterocycles. The van der Waals surface area contributed by atoms with Crippen LogP contribution in [0.5, 0.6) is 5.88 Å². The molecular formula is C32H30Cl2N6O5. The Labute approximate surface area is 268 Å². The monoisotopic (exact) mass is 648 g/mol. The van der Waals surface area contributed by atoms with Gasteiger partial charge in [0.05, 0.1) is 40.7 Å². The summed E-state index contributed by atoms with van der Waals surface area (Å²) >= 11 is 13.8. The van der Waals surface area contributed by atoms with Gasteiger partial charge in [-0.1, -0.05) is 53.5 Å². The van der Waals surface area contributed by atoms with Crippen molar-refractivity contribution in [2.45, 2.75) is 37.5 Å². The van der Waals surface area contributed by atoms with Crippen molar-refractivity contribution in [1.82, 2.24) is 25.4 Å². The van der Waals surface area contributed by atoms with Gasteiger partial charge < -0.3 is 25.8 Å². The number of ether oxygens (including phenoxy) is 1. The van der Waals surface area contributed by atoms with E-state index in [9.17, 15) is 19.5 Å². The van der Waals surface area contributed by atoms with Crippen LogP contribution in [0.15, 0.2) is 59.5 Å². The molecule has 232 valence electrons. The van der Waals surface area contributed by atoms with Crippen LogP contribution in [0.2, 0.25) is 10.0 Å². The van der Waals surface area contributed by atoms with Crippen LogP contribution in [0.1, 0.15) is 40.4 Å². The SMILES string of the molecule is COc1nc(-c2cccc(-c3cccc(NC(=O)c4ccnn(C)c4=O)c3Cl)c2Cl)cc2c1[C@@H](NC[C@@H]1CCC(=O)N1)[C@H](O)C2. The van der Waals surface area contributed by atoms with E-state index in [0.29, 0.717) is 58.4 Å². The largest absolute Gasteiger partial charge is 0.481 e. The van der Waals surface area contributed by atoms with Gasteiger partial charge in [0.15, 0.2) is 0 Å². The third-order valence-electron chi connectivity index (χ3n) is 8.16. The molecule has 1 aliphatic carbocycles. The average Bonchev–Trinajstić information content (AvgIpc) is 3.59. The number of amides is 2. The maximum Gasteiger partial charge on any atom is 0.279 e. The number of hydrogen-bond donors (Lipinski definition) is 4. The second-order valence-corrected chi connectivity index (χ2v) is 11.8. The Balaban J connectivity index is 1.30. The fourth-order valence-corrected chi connectivity index (χ4v) is 6.49. The number of aryl methyl sites for hydroxylation is 1. The summed E-state index contributed by atoms with van der Waals surface area (Å²) in [4.78, 5) is 41.7. The molecule has 0 radical (unpaired) electrons. The predicted molar refractivity (Wildman–Crippen MR) is 171 cm³/mol. The number of benzene rings is 2. The number of hydrogen-bond acceptors (Lipinski definition) is 8. The number of halogens is 2. The highest BCUT2D eigenvalue weighted by Gasteiger charge is 2.36. The maximum absolute atomic E-state index is 12.9. The molecular weight excluding hydrogens is 619 g/mol. The zero-order chi connectivity index (χ0) is 31.8. The van der Waals surface area contributed by atoms with Gasteiger partial charge in [0.25, 0.3) is 11.5 Å². The van der Waals surface area contributed by atoms with Crippen molar-refractivity contribution >= 4 is 40.7 Å². The zero-order valence-electron chi connectivity index (χ0n) is 24.4. The minimum absolute atomic E-state index is 0.00941. The van der Waals surface area contributed by atoms with Crippen molar-refractivity contribution < 1.29 is 19.4 Å². The van der Waals surface area contributed by atoms with E-state index in [-0.39, 0.29) is 22.5 Å². The van der Waals surface area contributed by atoms with E-state index < -0.39 is 23.6 Å². The molecule has 0 bridgehead atoms. The minimum atomic E-state index is -0.700. The van der Waals surface area contributed by atoms with E-state index in [1.807, 2.05) is 24.3 Å². The number of anilines is 1. The average molecular weight is 650 g/mol. The Morgan fingerprint density at radius 3 is 2.58 bits per heavy atom. The van der Waals surface area contributed by atoms with Crippen molar-refractivity contribution in [2.75, 3.05) is 19.0 Å². The predicted octanol–water partition coefficient (Wildman–Crippen LogP) is 3.90. The standard InChI is InChI=1S/C32H30Cl2N6O5/c1-40-32(44)21(11-12-36-40)30(43)38-22-8-4-6-19(28(22)34)18-5-3-7-20(27(18)33)23-13-16-14-24(41)29(26(16)31(39-23)45-2)35-15-17-9-10-25(42)37-17/h3-8,11-13,17,24,29,35,41H,9-10,14-15H2,1-2H3,(H,37,42)(H,38,43)/t17-,24+,29-/m0/s1. The van der Waals surface area contributed by atoms with Gasteiger partial charge in [-0.2, -0.15) is 5.10 Å². The molecule has 2 aromatic carbocycles. The second-order valence-electron chi connectivity index (χ2n) is 11.0. The van der Waals surface area contributed by atoms with Gasteiger partial charge in [-0.25, -0.2) is 9.67 Å². The molecule has 0 spiro atoms. The van der Waals surface area contributed by atoms with E-state index in [1.54, 1.807) is 18.2 Å². The Bertz CT molecular complexity index is 1880. The van der Waals surface area contributed by atoms with Crippen molar-refractivity contribution in [3.05, 3.63) is 91.8 Å². The first-order valence-corrected chi connectivity index (χ1v) is 15.1. The first kappa shape index (κ1) is 30.7. The molecule has 3 heterocycles. The highest BCUT2D eigenvalue weighted by atomic mass is 35.5. The highest BCUT2D eigenvalue weighted by molar-refractivity contribution is 6.39. The van der Waals surface area contributed by atoms with Crippen molar-refractivity contribution in [1.29, 1.82) is 0 Å². The Hall–Kier alpha value is -4.29. The van der Waals surface area contributed by atoms with E-state index in [0.717, 1.165) is 22.2 Å². The van der Waals surface area contributed by atoms with E-state index in [1.165, 1.54) is 26.4 Å². The summed E-state index contributed by atoms with van der Waals surface area (Å²) in [5.74, 6) is -0.209. The quantitative estimate of drug-likeness (QED) is 0.225. The lowest BCUT2D eigenvalue weighted by Gasteiger charge is -2.22. The van der Waals surface area contributed by atoms with Crippen molar-refractivity contribution in [2.24, 2.45) is 7.05 Å². The van der Waals surface area contributed by atoms with Crippen LogP contribution in [0.25, 0.3) is 22.4 Å². The number of carbonyl (C=O) groups excluding carboxylic acids is 2. The molecule has 3 atom stereocenters. The number of nitrogens with zero attached hydrogens (tertiary/aromatic N) is 3. The molecule has 0 unspecified atom stereocenters. The van der Waals surface area contributed by atoms with Gasteiger partial charge in [0, 0.05) is 60.9 Å². The number of methoxy groups -OCH3 is 1. The lowest BCUT2D eigenvalue weighted by atomic mass is 9.99. The Kier molecular flexibility index (Phi) is 8.61. The third-order valence-corrected chi connectivity index (χ3v) is 8.97. The van der Waals surface area contributed by atoms with Crippen LogP contribution in [0.3, 0.4) is 0 Å². The maximum atomic E-state index is 12.9. The smallest absolute Gasteiger partial charge is 0.279 e. The van der Waals surface area contributed by atoms with Crippen LogP contribution in [0, 0.1) is 0 Å². The van der Waals surface area contributed by atoms with Crippen LogP contribution in [-0.4, -0.2) is 57.5 Å². The molecule has 4 aromatic rings. The van der Waals surface area contributed by atoms with E-state index >= 15 is 0 Å². The van der Waals surface area contributed by atoms with Crippen LogP contribution in [0.4, 0.5) is 5.69 Å². The van der Waals surface area contributed by atoms with E-state index in [2.05, 4.69) is 21.0 Å². The summed E-state index contributed by atoms with van der Waals surface area (Å²) in [5.41, 5.74) is 3.71. The molecule has 13 heteroatoms. The molecule has 2 aromatic heterocycles. The van der Waals surface area contributed by atoms with Crippen LogP contribution < -0.4 is 26.2 Å². The summed E-state index contributed by atoms with van der Waals surface area (Å²) in [6.07, 6.45) is 2.31. The van der Waals surface area contributed by atoms with Gasteiger partial charge in [0.1, 0.15) is 5.56 Å².